The van der Waals surface area contributed by atoms with Crippen LogP contribution in [0, 0.1) is 0 Å². The number of hydrogen-bond donors (Lipinski definition) is 1. The van der Waals surface area contributed by atoms with Gasteiger partial charge in [0.15, 0.2) is 0 Å². The second-order valence-corrected chi connectivity index (χ2v) is 7.06. The molecule has 0 aliphatic rings. The number of amides is 1. The van der Waals surface area contributed by atoms with Gasteiger partial charge >= 0.3 is 0 Å². The Morgan fingerprint density at radius 1 is 1.22 bits per heavy atom. The summed E-state index contributed by atoms with van der Waals surface area (Å²) >= 11 is 7.91. The minimum Gasteiger partial charge on any atom is -0.350 e. The van der Waals surface area contributed by atoms with Crippen LogP contribution in [0.4, 0.5) is 0 Å². The zero-order valence-corrected chi connectivity index (χ0v) is 14.7. The normalized spacial score (nSPS) is 12.3. The van der Waals surface area contributed by atoms with Gasteiger partial charge in [0.25, 0.3) is 5.91 Å². The molecule has 0 saturated carbocycles. The van der Waals surface area contributed by atoms with E-state index < -0.39 is 0 Å². The zero-order valence-electron chi connectivity index (χ0n) is 13.1. The molecule has 0 aliphatic carbocycles. The molecule has 0 spiro atoms. The Bertz CT molecular complexity index is 855. The lowest BCUT2D eigenvalue weighted by Gasteiger charge is -2.11. The SMILES string of the molecule is CCC(C)NC(=O)c1cccc2cc(-c3ccccc3Cl)sc12. The first kappa shape index (κ1) is 16.0. The van der Waals surface area contributed by atoms with Gasteiger partial charge in [0.1, 0.15) is 0 Å². The summed E-state index contributed by atoms with van der Waals surface area (Å²) < 4.78 is 1.00. The summed E-state index contributed by atoms with van der Waals surface area (Å²) in [7, 11) is 0. The van der Waals surface area contributed by atoms with Gasteiger partial charge in [-0.25, -0.2) is 0 Å². The topological polar surface area (TPSA) is 29.1 Å². The first-order chi connectivity index (χ1) is 11.1. The Morgan fingerprint density at radius 2 is 2.00 bits per heavy atom. The summed E-state index contributed by atoms with van der Waals surface area (Å²) in [6, 6.07) is 15.9. The van der Waals surface area contributed by atoms with Crippen molar-refractivity contribution in [3.05, 3.63) is 59.1 Å². The van der Waals surface area contributed by atoms with Crippen molar-refractivity contribution in [1.29, 1.82) is 0 Å². The number of carbonyl (C=O) groups is 1. The first-order valence-corrected chi connectivity index (χ1v) is 8.88. The van der Waals surface area contributed by atoms with Crippen LogP contribution < -0.4 is 5.32 Å². The fourth-order valence-electron chi connectivity index (χ4n) is 2.44. The third-order valence-corrected chi connectivity index (χ3v) is 5.46. The highest BCUT2D eigenvalue weighted by molar-refractivity contribution is 7.22. The maximum atomic E-state index is 12.5. The van der Waals surface area contributed by atoms with E-state index in [9.17, 15) is 4.79 Å². The molecule has 1 N–H and O–H groups in total. The lowest BCUT2D eigenvalue weighted by atomic mass is 10.1. The molecule has 2 nitrogen and oxygen atoms in total. The highest BCUT2D eigenvalue weighted by Gasteiger charge is 2.15. The number of carbonyl (C=O) groups excluding carboxylic acids is 1. The maximum Gasteiger partial charge on any atom is 0.252 e. The van der Waals surface area contributed by atoms with E-state index in [1.807, 2.05) is 49.4 Å². The molecule has 0 bridgehead atoms. The van der Waals surface area contributed by atoms with E-state index in [1.54, 1.807) is 11.3 Å². The van der Waals surface area contributed by atoms with Crippen molar-refractivity contribution < 1.29 is 4.79 Å². The van der Waals surface area contributed by atoms with Crippen LogP contribution in [0.5, 0.6) is 0 Å². The van der Waals surface area contributed by atoms with Crippen LogP contribution in [0.25, 0.3) is 20.5 Å². The highest BCUT2D eigenvalue weighted by Crippen LogP contribution is 2.38. The number of benzene rings is 2. The van der Waals surface area contributed by atoms with E-state index in [2.05, 4.69) is 18.3 Å². The van der Waals surface area contributed by atoms with Crippen molar-refractivity contribution in [3.8, 4) is 10.4 Å². The van der Waals surface area contributed by atoms with Gasteiger partial charge < -0.3 is 5.32 Å². The molecule has 3 aromatic rings. The summed E-state index contributed by atoms with van der Waals surface area (Å²) in [6.07, 6.45) is 0.914. The van der Waals surface area contributed by atoms with Gasteiger partial charge in [-0.05, 0) is 36.9 Å². The lowest BCUT2D eigenvalue weighted by Crippen LogP contribution is -2.31. The number of halogens is 1. The predicted molar refractivity (Wildman–Crippen MR) is 99.5 cm³/mol. The van der Waals surface area contributed by atoms with E-state index in [0.717, 1.165) is 37.5 Å². The van der Waals surface area contributed by atoms with Crippen LogP contribution in [0.2, 0.25) is 5.02 Å². The second-order valence-electron chi connectivity index (χ2n) is 5.60. The van der Waals surface area contributed by atoms with E-state index >= 15 is 0 Å². The Balaban J connectivity index is 2.05. The van der Waals surface area contributed by atoms with Crippen molar-refractivity contribution in [2.75, 3.05) is 0 Å². The third-order valence-electron chi connectivity index (χ3n) is 3.92. The summed E-state index contributed by atoms with van der Waals surface area (Å²) in [6.45, 7) is 4.08. The first-order valence-electron chi connectivity index (χ1n) is 7.68. The minimum atomic E-state index is -0.0162. The monoisotopic (exact) mass is 343 g/mol. The molecule has 0 radical (unpaired) electrons. The average molecular weight is 344 g/mol. The number of rotatable bonds is 4. The maximum absolute atomic E-state index is 12.5. The molecule has 0 fully saturated rings. The van der Waals surface area contributed by atoms with Crippen molar-refractivity contribution in [2.45, 2.75) is 26.3 Å². The molecule has 1 heterocycles. The van der Waals surface area contributed by atoms with Crippen molar-refractivity contribution in [3.63, 3.8) is 0 Å². The smallest absolute Gasteiger partial charge is 0.252 e. The number of fused-ring (bicyclic) bond motifs is 1. The van der Waals surface area contributed by atoms with Crippen LogP contribution >= 0.6 is 22.9 Å². The lowest BCUT2D eigenvalue weighted by molar-refractivity contribution is 0.0941. The molecule has 23 heavy (non-hydrogen) atoms. The standard InChI is InChI=1S/C19H18ClNOS/c1-3-12(2)21-19(22)15-9-6-7-13-11-17(23-18(13)15)14-8-4-5-10-16(14)20/h4-12H,3H2,1-2H3,(H,21,22). The molecule has 0 aliphatic heterocycles. The molecule has 2 aromatic carbocycles. The third kappa shape index (κ3) is 3.26. The van der Waals surface area contributed by atoms with E-state index in [0.29, 0.717) is 0 Å². The van der Waals surface area contributed by atoms with Crippen LogP contribution in [0.15, 0.2) is 48.5 Å². The number of thiophene rings is 1. The van der Waals surface area contributed by atoms with E-state index in [-0.39, 0.29) is 11.9 Å². The van der Waals surface area contributed by atoms with E-state index in [1.165, 1.54) is 0 Å². The van der Waals surface area contributed by atoms with Crippen LogP contribution in [0.1, 0.15) is 30.6 Å². The van der Waals surface area contributed by atoms with Crippen LogP contribution in [0.3, 0.4) is 0 Å². The van der Waals surface area contributed by atoms with Gasteiger partial charge in [-0.1, -0.05) is 48.9 Å². The van der Waals surface area contributed by atoms with Gasteiger partial charge in [0.05, 0.1) is 5.56 Å². The molecule has 1 unspecified atom stereocenters. The number of nitrogens with one attached hydrogen (secondary N) is 1. The van der Waals surface area contributed by atoms with Gasteiger partial charge in [-0.2, -0.15) is 0 Å². The summed E-state index contributed by atoms with van der Waals surface area (Å²) in [5.41, 5.74) is 1.73. The van der Waals surface area contributed by atoms with Crippen LogP contribution in [-0.4, -0.2) is 11.9 Å². The van der Waals surface area contributed by atoms with Gasteiger partial charge in [0.2, 0.25) is 0 Å². The van der Waals surface area contributed by atoms with Gasteiger partial charge in [0, 0.05) is 26.2 Å². The molecule has 1 amide bonds. The largest absolute Gasteiger partial charge is 0.350 e. The Labute approximate surface area is 145 Å². The second kappa shape index (κ2) is 6.73. The van der Waals surface area contributed by atoms with Crippen molar-refractivity contribution in [1.82, 2.24) is 5.32 Å². The Morgan fingerprint density at radius 3 is 2.74 bits per heavy atom. The zero-order chi connectivity index (χ0) is 16.4. The minimum absolute atomic E-state index is 0.0162. The molecule has 118 valence electrons. The van der Waals surface area contributed by atoms with E-state index in [4.69, 9.17) is 11.6 Å². The molecule has 0 saturated heterocycles. The highest BCUT2D eigenvalue weighted by atomic mass is 35.5. The predicted octanol–water partition coefficient (Wildman–Crippen LogP) is 5.75. The van der Waals surface area contributed by atoms with Crippen LogP contribution in [-0.2, 0) is 0 Å². The van der Waals surface area contributed by atoms with Gasteiger partial charge in [-0.15, -0.1) is 11.3 Å². The molecule has 4 heteroatoms. The average Bonchev–Trinajstić information content (AvgIpc) is 2.98. The quantitative estimate of drug-likeness (QED) is 0.642. The van der Waals surface area contributed by atoms with Gasteiger partial charge in [-0.3, -0.25) is 4.79 Å². The fraction of sp³-hybridized carbons (Fsp3) is 0.211. The molecule has 1 aromatic heterocycles. The molecular formula is C19H18ClNOS. The summed E-state index contributed by atoms with van der Waals surface area (Å²) in [5, 5.41) is 4.84. The molecule has 1 atom stereocenters. The number of hydrogen-bond acceptors (Lipinski definition) is 2. The van der Waals surface area contributed by atoms with Crippen molar-refractivity contribution >= 4 is 38.9 Å². The summed E-state index contributed by atoms with van der Waals surface area (Å²) in [4.78, 5) is 13.6. The molecular weight excluding hydrogens is 326 g/mol. The fourth-order valence-corrected chi connectivity index (χ4v) is 3.94. The Kier molecular flexibility index (Phi) is 4.69. The molecule has 3 rings (SSSR count). The Hall–Kier alpha value is -1.84. The summed E-state index contributed by atoms with van der Waals surface area (Å²) in [5.74, 6) is -0.0162. The van der Waals surface area contributed by atoms with Crippen molar-refractivity contribution in [2.24, 2.45) is 0 Å².